The molecule has 0 bridgehead atoms. The number of carbonyl (C=O) groups excluding carboxylic acids is 2. The van der Waals surface area contributed by atoms with E-state index in [4.69, 9.17) is 9.15 Å². The van der Waals surface area contributed by atoms with Gasteiger partial charge in [-0.3, -0.25) is 0 Å². The highest BCUT2D eigenvalue weighted by Gasteiger charge is 2.21. The van der Waals surface area contributed by atoms with E-state index in [2.05, 4.69) is 10.2 Å². The minimum atomic E-state index is -0.343. The van der Waals surface area contributed by atoms with E-state index in [1.54, 1.807) is 29.4 Å². The zero-order valence-corrected chi connectivity index (χ0v) is 14.1. The highest BCUT2D eigenvalue weighted by Crippen LogP contribution is 2.18. The third kappa shape index (κ3) is 4.12. The molecule has 25 heavy (non-hydrogen) atoms. The molecule has 1 aliphatic rings. The number of piperazine rings is 1. The van der Waals surface area contributed by atoms with Crippen molar-refractivity contribution >= 4 is 17.7 Å². The zero-order chi connectivity index (χ0) is 17.6. The van der Waals surface area contributed by atoms with Gasteiger partial charge < -0.3 is 24.3 Å². The number of nitrogens with one attached hydrogen (secondary N) is 1. The number of benzene rings is 1. The Morgan fingerprint density at radius 1 is 1.12 bits per heavy atom. The minimum Gasteiger partial charge on any atom is -0.467 e. The molecule has 0 saturated carbocycles. The van der Waals surface area contributed by atoms with E-state index >= 15 is 0 Å². The van der Waals surface area contributed by atoms with Crippen LogP contribution in [0.2, 0.25) is 0 Å². The lowest BCUT2D eigenvalue weighted by Crippen LogP contribution is -2.51. The molecule has 0 aliphatic carbocycles. The summed E-state index contributed by atoms with van der Waals surface area (Å²) in [4.78, 5) is 27.7. The van der Waals surface area contributed by atoms with E-state index in [9.17, 15) is 9.59 Å². The van der Waals surface area contributed by atoms with E-state index in [1.807, 2.05) is 18.2 Å². The number of methoxy groups -OCH3 is 1. The van der Waals surface area contributed by atoms with Crippen molar-refractivity contribution in [3.05, 3.63) is 54.0 Å². The average molecular weight is 343 g/mol. The molecule has 1 aliphatic heterocycles. The second-order valence-corrected chi connectivity index (χ2v) is 5.75. The Morgan fingerprint density at radius 3 is 2.44 bits per heavy atom. The lowest BCUT2D eigenvalue weighted by Gasteiger charge is -2.36. The highest BCUT2D eigenvalue weighted by molar-refractivity contribution is 5.89. The second kappa shape index (κ2) is 7.74. The molecule has 2 heterocycles. The van der Waals surface area contributed by atoms with Crippen molar-refractivity contribution in [2.75, 3.05) is 38.2 Å². The quantitative estimate of drug-likeness (QED) is 0.861. The number of rotatable bonds is 4. The average Bonchev–Trinajstić information content (AvgIpc) is 3.19. The number of nitrogens with zero attached hydrogens (tertiary/aromatic N) is 2. The van der Waals surface area contributed by atoms with Gasteiger partial charge in [-0.05, 0) is 36.4 Å². The first-order valence-electron chi connectivity index (χ1n) is 8.16. The van der Waals surface area contributed by atoms with Crippen molar-refractivity contribution in [2.45, 2.75) is 6.54 Å². The SMILES string of the molecule is COC(=O)c1ccc(N2CCN(C(=O)NCc3ccco3)CC2)cc1. The van der Waals surface area contributed by atoms with Gasteiger partial charge in [-0.25, -0.2) is 9.59 Å². The van der Waals surface area contributed by atoms with E-state index in [0.717, 1.165) is 24.5 Å². The maximum absolute atomic E-state index is 12.2. The Balaban J connectivity index is 1.49. The number of esters is 1. The summed E-state index contributed by atoms with van der Waals surface area (Å²) in [6.07, 6.45) is 1.59. The van der Waals surface area contributed by atoms with Crippen molar-refractivity contribution in [3.63, 3.8) is 0 Å². The van der Waals surface area contributed by atoms with Crippen LogP contribution in [0.4, 0.5) is 10.5 Å². The summed E-state index contributed by atoms with van der Waals surface area (Å²) < 4.78 is 9.91. The van der Waals surface area contributed by atoms with Crippen molar-refractivity contribution in [2.24, 2.45) is 0 Å². The lowest BCUT2D eigenvalue weighted by molar-refractivity contribution is 0.0600. The molecule has 132 valence electrons. The molecule has 2 aromatic rings. The molecule has 2 amide bonds. The highest BCUT2D eigenvalue weighted by atomic mass is 16.5. The van der Waals surface area contributed by atoms with Crippen LogP contribution in [0.5, 0.6) is 0 Å². The maximum atomic E-state index is 12.2. The zero-order valence-electron chi connectivity index (χ0n) is 14.1. The fourth-order valence-electron chi connectivity index (χ4n) is 2.78. The molecular formula is C18H21N3O4. The smallest absolute Gasteiger partial charge is 0.337 e. The van der Waals surface area contributed by atoms with Crippen molar-refractivity contribution in [3.8, 4) is 0 Å². The molecule has 0 spiro atoms. The third-order valence-electron chi connectivity index (χ3n) is 4.21. The monoisotopic (exact) mass is 343 g/mol. The number of ether oxygens (including phenoxy) is 1. The van der Waals surface area contributed by atoms with Crippen LogP contribution < -0.4 is 10.2 Å². The van der Waals surface area contributed by atoms with Gasteiger partial charge in [0.2, 0.25) is 0 Å². The van der Waals surface area contributed by atoms with Crippen molar-refractivity contribution < 1.29 is 18.7 Å². The maximum Gasteiger partial charge on any atom is 0.337 e. The molecule has 1 aromatic carbocycles. The minimum absolute atomic E-state index is 0.0860. The Hall–Kier alpha value is -2.96. The summed E-state index contributed by atoms with van der Waals surface area (Å²) in [5.41, 5.74) is 1.56. The molecule has 0 unspecified atom stereocenters. The molecular weight excluding hydrogens is 322 g/mol. The summed E-state index contributed by atoms with van der Waals surface area (Å²) in [6, 6.07) is 10.9. The number of hydrogen-bond donors (Lipinski definition) is 1. The van der Waals surface area contributed by atoms with Gasteiger partial charge in [-0.1, -0.05) is 0 Å². The second-order valence-electron chi connectivity index (χ2n) is 5.75. The van der Waals surface area contributed by atoms with Crippen LogP contribution in [0.3, 0.4) is 0 Å². The van der Waals surface area contributed by atoms with Gasteiger partial charge in [0.25, 0.3) is 0 Å². The van der Waals surface area contributed by atoms with E-state index in [-0.39, 0.29) is 12.0 Å². The number of amides is 2. The first-order chi connectivity index (χ1) is 12.2. The van der Waals surface area contributed by atoms with E-state index in [1.165, 1.54) is 7.11 Å². The molecule has 7 heteroatoms. The summed E-state index contributed by atoms with van der Waals surface area (Å²) in [6.45, 7) is 3.16. The summed E-state index contributed by atoms with van der Waals surface area (Å²) in [5, 5.41) is 2.86. The first kappa shape index (κ1) is 16.9. The van der Waals surface area contributed by atoms with Gasteiger partial charge in [-0.2, -0.15) is 0 Å². The van der Waals surface area contributed by atoms with E-state index < -0.39 is 0 Å². The lowest BCUT2D eigenvalue weighted by atomic mass is 10.2. The van der Waals surface area contributed by atoms with Gasteiger partial charge in [0.05, 0.1) is 25.5 Å². The van der Waals surface area contributed by atoms with E-state index in [0.29, 0.717) is 25.2 Å². The number of urea groups is 1. The molecule has 0 atom stereocenters. The van der Waals surface area contributed by atoms with Crippen molar-refractivity contribution in [1.29, 1.82) is 0 Å². The molecule has 0 radical (unpaired) electrons. The van der Waals surface area contributed by atoms with Gasteiger partial charge in [-0.15, -0.1) is 0 Å². The predicted octanol–water partition coefficient (Wildman–Crippen LogP) is 2.10. The largest absolute Gasteiger partial charge is 0.467 e. The molecule has 1 aromatic heterocycles. The fourth-order valence-corrected chi connectivity index (χ4v) is 2.78. The molecule has 1 fully saturated rings. The van der Waals surface area contributed by atoms with Crippen LogP contribution >= 0.6 is 0 Å². The summed E-state index contributed by atoms with van der Waals surface area (Å²) >= 11 is 0. The summed E-state index contributed by atoms with van der Waals surface area (Å²) in [7, 11) is 1.37. The number of hydrogen-bond acceptors (Lipinski definition) is 5. The van der Waals surface area contributed by atoms with Crippen LogP contribution in [0, 0.1) is 0 Å². The summed E-state index contributed by atoms with van der Waals surface area (Å²) in [5.74, 6) is 0.391. The van der Waals surface area contributed by atoms with Gasteiger partial charge in [0, 0.05) is 31.9 Å². The Labute approximate surface area is 146 Å². The van der Waals surface area contributed by atoms with Crippen LogP contribution in [0.15, 0.2) is 47.1 Å². The molecule has 7 nitrogen and oxygen atoms in total. The van der Waals surface area contributed by atoms with Gasteiger partial charge in [0.15, 0.2) is 0 Å². The number of furan rings is 1. The Kier molecular flexibility index (Phi) is 5.23. The molecule has 3 rings (SSSR count). The van der Waals surface area contributed by atoms with Crippen LogP contribution in [0.25, 0.3) is 0 Å². The Morgan fingerprint density at radius 2 is 1.84 bits per heavy atom. The predicted molar refractivity (Wildman–Crippen MR) is 92.5 cm³/mol. The fraction of sp³-hybridized carbons (Fsp3) is 0.333. The van der Waals surface area contributed by atoms with Crippen molar-refractivity contribution in [1.82, 2.24) is 10.2 Å². The third-order valence-corrected chi connectivity index (χ3v) is 4.21. The Bertz CT molecular complexity index is 704. The standard InChI is InChI=1S/C18H21N3O4/c1-24-17(22)14-4-6-15(7-5-14)20-8-10-21(11-9-20)18(23)19-13-16-3-2-12-25-16/h2-7,12H,8-11,13H2,1H3,(H,19,23). The molecule has 1 saturated heterocycles. The number of carbonyl (C=O) groups is 2. The van der Waals surface area contributed by atoms with Crippen LogP contribution in [0.1, 0.15) is 16.1 Å². The topological polar surface area (TPSA) is 75.0 Å². The number of anilines is 1. The van der Waals surface area contributed by atoms with Gasteiger partial charge >= 0.3 is 12.0 Å². The normalized spacial score (nSPS) is 14.3. The van der Waals surface area contributed by atoms with Gasteiger partial charge in [0.1, 0.15) is 5.76 Å². The molecule has 1 N–H and O–H groups in total. The first-order valence-corrected chi connectivity index (χ1v) is 8.16. The van der Waals surface area contributed by atoms with Crippen LogP contribution in [-0.4, -0.2) is 50.2 Å². The van der Waals surface area contributed by atoms with Crippen LogP contribution in [-0.2, 0) is 11.3 Å².